The van der Waals surface area contributed by atoms with Crippen molar-refractivity contribution in [2.45, 2.75) is 0 Å². The third-order valence-electron chi connectivity index (χ3n) is 2.76. The van der Waals surface area contributed by atoms with Gasteiger partial charge in [-0.1, -0.05) is 41.9 Å². The summed E-state index contributed by atoms with van der Waals surface area (Å²) < 4.78 is 0. The van der Waals surface area contributed by atoms with Gasteiger partial charge in [-0.25, -0.2) is 5.10 Å². The monoisotopic (exact) mass is 272 g/mol. The molecule has 0 amide bonds. The molecule has 0 spiro atoms. The highest BCUT2D eigenvalue weighted by Gasteiger charge is 2.15. The van der Waals surface area contributed by atoms with Crippen molar-refractivity contribution in [1.29, 1.82) is 0 Å². The van der Waals surface area contributed by atoms with Crippen molar-refractivity contribution in [3.8, 4) is 28.3 Å². The number of phenols is 1. The van der Waals surface area contributed by atoms with Crippen molar-refractivity contribution in [2.24, 2.45) is 0 Å². The molecule has 0 unspecified atom stereocenters. The number of hydrogen-bond acceptors (Lipinski definition) is 4. The second kappa shape index (κ2) is 4.70. The molecule has 0 aliphatic heterocycles. The SMILES string of the molecule is Oc1c(-c2ccccc2)cc(Cl)cc1-c1nnn[nH]1. The molecule has 0 saturated carbocycles. The topological polar surface area (TPSA) is 74.7 Å². The lowest BCUT2D eigenvalue weighted by atomic mass is 10.0. The molecule has 1 aromatic heterocycles. The normalized spacial score (nSPS) is 10.6. The lowest BCUT2D eigenvalue weighted by Gasteiger charge is -2.09. The van der Waals surface area contributed by atoms with E-state index in [0.29, 0.717) is 22.0 Å². The molecule has 0 radical (unpaired) electrons. The van der Waals surface area contributed by atoms with E-state index in [2.05, 4.69) is 20.6 Å². The largest absolute Gasteiger partial charge is 0.507 e. The summed E-state index contributed by atoms with van der Waals surface area (Å²) in [5.74, 6) is 0.464. The Balaban J connectivity index is 2.22. The number of H-pyrrole nitrogens is 1. The summed E-state index contributed by atoms with van der Waals surface area (Å²) in [5.41, 5.74) is 1.98. The predicted octanol–water partition coefficient (Wildman–Crippen LogP) is 2.89. The highest BCUT2D eigenvalue weighted by Crippen LogP contribution is 2.38. The molecule has 94 valence electrons. The van der Waals surface area contributed by atoms with Gasteiger partial charge in [-0.3, -0.25) is 0 Å². The van der Waals surface area contributed by atoms with Gasteiger partial charge in [0.2, 0.25) is 0 Å². The fourth-order valence-corrected chi connectivity index (χ4v) is 2.11. The van der Waals surface area contributed by atoms with Crippen LogP contribution in [0.25, 0.3) is 22.5 Å². The van der Waals surface area contributed by atoms with Gasteiger partial charge in [0.1, 0.15) is 5.75 Å². The minimum atomic E-state index is 0.0918. The van der Waals surface area contributed by atoms with Gasteiger partial charge in [-0.2, -0.15) is 0 Å². The second-order valence-electron chi connectivity index (χ2n) is 3.97. The lowest BCUT2D eigenvalue weighted by Crippen LogP contribution is -1.87. The number of nitrogens with zero attached hydrogens (tertiary/aromatic N) is 3. The molecule has 2 aromatic carbocycles. The molecule has 0 bridgehead atoms. The summed E-state index contributed by atoms with van der Waals surface area (Å²) >= 11 is 6.10. The zero-order valence-corrected chi connectivity index (χ0v) is 10.5. The number of nitrogens with one attached hydrogen (secondary N) is 1. The Labute approximate surface area is 113 Å². The minimum Gasteiger partial charge on any atom is -0.507 e. The lowest BCUT2D eigenvalue weighted by molar-refractivity contribution is 0.479. The van der Waals surface area contributed by atoms with Crippen molar-refractivity contribution in [3.05, 3.63) is 47.5 Å². The maximum Gasteiger partial charge on any atom is 0.183 e. The Morgan fingerprint density at radius 3 is 2.47 bits per heavy atom. The highest BCUT2D eigenvalue weighted by atomic mass is 35.5. The summed E-state index contributed by atoms with van der Waals surface area (Å²) in [6.45, 7) is 0. The number of hydrogen-bond donors (Lipinski definition) is 2. The van der Waals surface area contributed by atoms with Crippen molar-refractivity contribution in [1.82, 2.24) is 20.6 Å². The number of benzene rings is 2. The number of phenolic OH excluding ortho intramolecular Hbond substituents is 1. The third-order valence-corrected chi connectivity index (χ3v) is 2.98. The van der Waals surface area contributed by atoms with Gasteiger partial charge in [-0.15, -0.1) is 5.10 Å². The van der Waals surface area contributed by atoms with Crippen molar-refractivity contribution < 1.29 is 5.11 Å². The average molecular weight is 273 g/mol. The second-order valence-corrected chi connectivity index (χ2v) is 4.40. The first kappa shape index (κ1) is 11.7. The van der Waals surface area contributed by atoms with Gasteiger partial charge in [0.05, 0.1) is 5.56 Å². The molecule has 5 nitrogen and oxygen atoms in total. The Morgan fingerprint density at radius 1 is 1.05 bits per heavy atom. The fraction of sp³-hybridized carbons (Fsp3) is 0. The van der Waals surface area contributed by atoms with E-state index < -0.39 is 0 Å². The third kappa shape index (κ3) is 2.15. The minimum absolute atomic E-state index is 0.0918. The Hall–Kier alpha value is -2.40. The van der Waals surface area contributed by atoms with Crippen LogP contribution < -0.4 is 0 Å². The van der Waals surface area contributed by atoms with Crippen LogP contribution in [0, 0.1) is 0 Å². The number of aromatic amines is 1. The van der Waals surface area contributed by atoms with Crippen molar-refractivity contribution in [3.63, 3.8) is 0 Å². The van der Waals surface area contributed by atoms with E-state index in [1.807, 2.05) is 30.3 Å². The van der Waals surface area contributed by atoms with Gasteiger partial charge >= 0.3 is 0 Å². The number of aromatic nitrogens is 4. The summed E-state index contributed by atoms with van der Waals surface area (Å²) in [7, 11) is 0. The quantitative estimate of drug-likeness (QED) is 0.752. The van der Waals surface area contributed by atoms with Gasteiger partial charge in [0.15, 0.2) is 5.82 Å². The summed E-state index contributed by atoms with van der Waals surface area (Å²) in [4.78, 5) is 0. The molecular formula is C13H9ClN4O. The van der Waals surface area contributed by atoms with Crippen LogP contribution >= 0.6 is 11.6 Å². The maximum atomic E-state index is 10.4. The highest BCUT2D eigenvalue weighted by molar-refractivity contribution is 6.31. The van der Waals surface area contributed by atoms with Gasteiger partial charge in [0.25, 0.3) is 0 Å². The van der Waals surface area contributed by atoms with Crippen LogP contribution in [0.15, 0.2) is 42.5 Å². The molecule has 0 aliphatic rings. The molecule has 0 saturated heterocycles. The summed E-state index contributed by atoms with van der Waals surface area (Å²) in [6.07, 6.45) is 0. The zero-order chi connectivity index (χ0) is 13.2. The van der Waals surface area contributed by atoms with E-state index in [-0.39, 0.29) is 5.75 Å². The Morgan fingerprint density at radius 2 is 1.79 bits per heavy atom. The Kier molecular flexibility index (Phi) is 2.89. The van der Waals surface area contributed by atoms with E-state index in [1.54, 1.807) is 12.1 Å². The van der Waals surface area contributed by atoms with Crippen LogP contribution in [-0.4, -0.2) is 25.7 Å². The first-order valence-corrected chi connectivity index (χ1v) is 5.95. The van der Waals surface area contributed by atoms with Gasteiger partial charge < -0.3 is 5.11 Å². The van der Waals surface area contributed by atoms with Crippen LogP contribution in [0.4, 0.5) is 0 Å². The first-order chi connectivity index (χ1) is 9.25. The van der Waals surface area contributed by atoms with Gasteiger partial charge in [-0.05, 0) is 28.1 Å². The predicted molar refractivity (Wildman–Crippen MR) is 71.7 cm³/mol. The van der Waals surface area contributed by atoms with Crippen molar-refractivity contribution in [2.75, 3.05) is 0 Å². The van der Waals surface area contributed by atoms with E-state index in [9.17, 15) is 5.11 Å². The molecular weight excluding hydrogens is 264 g/mol. The van der Waals surface area contributed by atoms with Crippen LogP contribution in [0.2, 0.25) is 5.02 Å². The molecule has 19 heavy (non-hydrogen) atoms. The number of halogens is 1. The average Bonchev–Trinajstić information content (AvgIpc) is 2.96. The number of aromatic hydroxyl groups is 1. The summed E-state index contributed by atoms with van der Waals surface area (Å²) in [5, 5.41) is 24.3. The molecule has 0 atom stereocenters. The molecule has 2 N–H and O–H groups in total. The standard InChI is InChI=1S/C13H9ClN4O/c14-9-6-10(8-4-2-1-3-5-8)12(19)11(7-9)13-15-17-18-16-13/h1-7,19H,(H,15,16,17,18). The van der Waals surface area contributed by atoms with Crippen LogP contribution in [0.3, 0.4) is 0 Å². The summed E-state index contributed by atoms with van der Waals surface area (Å²) in [6, 6.07) is 12.8. The van der Waals surface area contributed by atoms with E-state index in [0.717, 1.165) is 5.56 Å². The fourth-order valence-electron chi connectivity index (χ4n) is 1.89. The molecule has 0 fully saturated rings. The van der Waals surface area contributed by atoms with E-state index in [1.165, 1.54) is 0 Å². The number of tetrazole rings is 1. The first-order valence-electron chi connectivity index (χ1n) is 5.58. The molecule has 1 heterocycles. The van der Waals surface area contributed by atoms with Crippen LogP contribution in [-0.2, 0) is 0 Å². The van der Waals surface area contributed by atoms with Crippen molar-refractivity contribution >= 4 is 11.6 Å². The van der Waals surface area contributed by atoms with Crippen LogP contribution in [0.1, 0.15) is 0 Å². The van der Waals surface area contributed by atoms with Gasteiger partial charge in [0, 0.05) is 10.6 Å². The molecule has 6 heteroatoms. The van der Waals surface area contributed by atoms with Crippen LogP contribution in [0.5, 0.6) is 5.75 Å². The maximum absolute atomic E-state index is 10.4. The Bertz CT molecular complexity index is 698. The molecule has 3 aromatic rings. The number of rotatable bonds is 2. The zero-order valence-electron chi connectivity index (χ0n) is 9.71. The van der Waals surface area contributed by atoms with E-state index >= 15 is 0 Å². The molecule has 0 aliphatic carbocycles. The molecule has 3 rings (SSSR count). The smallest absolute Gasteiger partial charge is 0.183 e. The van der Waals surface area contributed by atoms with E-state index in [4.69, 9.17) is 11.6 Å².